The molecule has 0 radical (unpaired) electrons. The summed E-state index contributed by atoms with van der Waals surface area (Å²) < 4.78 is 1.20. The Balaban J connectivity index is 1.85. The Morgan fingerprint density at radius 1 is 1.15 bits per heavy atom. The predicted molar refractivity (Wildman–Crippen MR) is 82.8 cm³/mol. The largest absolute Gasteiger partial charge is 0.308 e. The van der Waals surface area contributed by atoms with E-state index < -0.39 is 0 Å². The van der Waals surface area contributed by atoms with E-state index in [0.717, 1.165) is 23.3 Å². The Morgan fingerprint density at radius 3 is 2.85 bits per heavy atom. The zero-order valence-electron chi connectivity index (χ0n) is 11.0. The zero-order valence-corrected chi connectivity index (χ0v) is 11.9. The molecule has 4 rings (SSSR count). The number of nitrogens with zero attached hydrogens (tertiary/aromatic N) is 2. The van der Waals surface area contributed by atoms with Gasteiger partial charge in [0.2, 0.25) is 0 Å². The zero-order chi connectivity index (χ0) is 13.4. The third-order valence-corrected chi connectivity index (χ3v) is 4.92. The number of rotatable bonds is 2. The first-order valence-corrected chi connectivity index (χ1v) is 7.78. The van der Waals surface area contributed by atoms with Crippen molar-refractivity contribution in [1.82, 2.24) is 15.3 Å². The highest BCUT2D eigenvalue weighted by Gasteiger charge is 2.21. The van der Waals surface area contributed by atoms with Gasteiger partial charge in [0.05, 0.1) is 22.0 Å². The van der Waals surface area contributed by atoms with Gasteiger partial charge in [-0.3, -0.25) is 4.98 Å². The monoisotopic (exact) mass is 281 g/mol. The maximum absolute atomic E-state index is 4.80. The lowest BCUT2D eigenvalue weighted by Gasteiger charge is -2.03. The Morgan fingerprint density at radius 2 is 2.05 bits per heavy atom. The van der Waals surface area contributed by atoms with E-state index in [1.165, 1.54) is 22.5 Å². The first-order valence-electron chi connectivity index (χ1n) is 6.96. The Hall–Kier alpha value is -1.78. The van der Waals surface area contributed by atoms with Gasteiger partial charge in [0.1, 0.15) is 5.01 Å². The summed E-state index contributed by atoms with van der Waals surface area (Å²) in [5, 5.41) is 4.72. The SMILES string of the molecule is c1ccc(-c2nccc3nc([C@@H]4CCCN4)sc23)cc1. The van der Waals surface area contributed by atoms with Crippen LogP contribution in [-0.4, -0.2) is 16.5 Å². The summed E-state index contributed by atoms with van der Waals surface area (Å²) in [6.45, 7) is 1.10. The number of aromatic nitrogens is 2. The van der Waals surface area contributed by atoms with Crippen LogP contribution in [0.15, 0.2) is 42.6 Å². The Bertz CT molecular complexity index is 730. The van der Waals surface area contributed by atoms with E-state index in [4.69, 9.17) is 4.98 Å². The highest BCUT2D eigenvalue weighted by molar-refractivity contribution is 7.19. The van der Waals surface area contributed by atoms with Crippen molar-refractivity contribution >= 4 is 21.6 Å². The second-order valence-corrected chi connectivity index (χ2v) is 6.11. The van der Waals surface area contributed by atoms with Crippen molar-refractivity contribution in [1.29, 1.82) is 0 Å². The standard InChI is InChI=1S/C16H15N3S/c1-2-5-11(6-3-1)14-15-12(8-10-18-14)19-16(20-15)13-7-4-9-17-13/h1-3,5-6,8,10,13,17H,4,7,9H2/t13-/m0/s1. The number of nitrogens with one attached hydrogen (secondary N) is 1. The van der Waals surface area contributed by atoms with Crippen molar-refractivity contribution < 1.29 is 0 Å². The van der Waals surface area contributed by atoms with E-state index in [9.17, 15) is 0 Å². The van der Waals surface area contributed by atoms with Gasteiger partial charge in [-0.1, -0.05) is 30.3 Å². The fourth-order valence-electron chi connectivity index (χ4n) is 2.72. The van der Waals surface area contributed by atoms with Gasteiger partial charge in [0.25, 0.3) is 0 Å². The van der Waals surface area contributed by atoms with Crippen LogP contribution in [0, 0.1) is 0 Å². The van der Waals surface area contributed by atoms with E-state index in [1.807, 2.05) is 18.3 Å². The molecule has 1 aliphatic heterocycles. The van der Waals surface area contributed by atoms with E-state index in [2.05, 4.69) is 34.6 Å². The molecule has 1 aliphatic rings. The third-order valence-electron chi connectivity index (χ3n) is 3.73. The maximum atomic E-state index is 4.80. The van der Waals surface area contributed by atoms with Gasteiger partial charge in [-0.2, -0.15) is 0 Å². The van der Waals surface area contributed by atoms with Crippen LogP contribution in [-0.2, 0) is 0 Å². The molecule has 1 fully saturated rings. The fraction of sp³-hybridized carbons (Fsp3) is 0.250. The summed E-state index contributed by atoms with van der Waals surface area (Å²) in [5.74, 6) is 0. The van der Waals surface area contributed by atoms with Crippen molar-refractivity contribution in [2.45, 2.75) is 18.9 Å². The second-order valence-electron chi connectivity index (χ2n) is 5.07. The molecular weight excluding hydrogens is 266 g/mol. The first kappa shape index (κ1) is 12.0. The minimum absolute atomic E-state index is 0.427. The Kier molecular flexibility index (Phi) is 2.98. The van der Waals surface area contributed by atoms with Crippen molar-refractivity contribution in [2.24, 2.45) is 0 Å². The minimum Gasteiger partial charge on any atom is -0.308 e. The van der Waals surface area contributed by atoms with Gasteiger partial charge in [-0.25, -0.2) is 4.98 Å². The van der Waals surface area contributed by atoms with Crippen molar-refractivity contribution in [3.8, 4) is 11.3 Å². The lowest BCUT2D eigenvalue weighted by molar-refractivity contribution is 0.644. The molecule has 3 nitrogen and oxygen atoms in total. The molecular formula is C16H15N3S. The molecule has 20 heavy (non-hydrogen) atoms. The lowest BCUT2D eigenvalue weighted by Crippen LogP contribution is -2.12. The average molecular weight is 281 g/mol. The predicted octanol–water partition coefficient (Wildman–Crippen LogP) is 3.78. The van der Waals surface area contributed by atoms with Gasteiger partial charge >= 0.3 is 0 Å². The molecule has 100 valence electrons. The molecule has 0 saturated carbocycles. The summed E-state index contributed by atoms with van der Waals surface area (Å²) in [4.78, 5) is 9.36. The summed E-state index contributed by atoms with van der Waals surface area (Å²) in [6, 6.07) is 12.8. The summed E-state index contributed by atoms with van der Waals surface area (Å²) in [5.41, 5.74) is 3.27. The third kappa shape index (κ3) is 2.01. The quantitative estimate of drug-likeness (QED) is 0.776. The van der Waals surface area contributed by atoms with E-state index in [-0.39, 0.29) is 0 Å². The van der Waals surface area contributed by atoms with E-state index >= 15 is 0 Å². The maximum Gasteiger partial charge on any atom is 0.111 e. The van der Waals surface area contributed by atoms with Crippen LogP contribution >= 0.6 is 11.3 Å². The van der Waals surface area contributed by atoms with Gasteiger partial charge in [-0.15, -0.1) is 11.3 Å². The fourth-order valence-corrected chi connectivity index (χ4v) is 3.90. The van der Waals surface area contributed by atoms with Gasteiger partial charge in [-0.05, 0) is 25.5 Å². The number of hydrogen-bond donors (Lipinski definition) is 1. The van der Waals surface area contributed by atoms with Crippen LogP contribution < -0.4 is 5.32 Å². The summed E-state index contributed by atoms with van der Waals surface area (Å²) >= 11 is 1.78. The molecule has 1 saturated heterocycles. The van der Waals surface area contributed by atoms with Crippen LogP contribution in [0.1, 0.15) is 23.9 Å². The average Bonchev–Trinajstić information content (AvgIpc) is 3.16. The van der Waals surface area contributed by atoms with Crippen LogP contribution in [0.2, 0.25) is 0 Å². The van der Waals surface area contributed by atoms with E-state index in [0.29, 0.717) is 6.04 Å². The van der Waals surface area contributed by atoms with Crippen molar-refractivity contribution in [2.75, 3.05) is 6.54 Å². The smallest absolute Gasteiger partial charge is 0.111 e. The number of pyridine rings is 1. The first-order chi connectivity index (χ1) is 9.92. The Labute approximate surface area is 121 Å². The molecule has 0 unspecified atom stereocenters. The van der Waals surface area contributed by atoms with Crippen LogP contribution in [0.3, 0.4) is 0 Å². The molecule has 2 aromatic heterocycles. The normalized spacial score (nSPS) is 18.7. The molecule has 0 bridgehead atoms. The number of fused-ring (bicyclic) bond motifs is 1. The molecule has 1 aromatic carbocycles. The molecule has 0 spiro atoms. The highest BCUT2D eigenvalue weighted by Crippen LogP contribution is 2.35. The molecule has 4 heteroatoms. The van der Waals surface area contributed by atoms with Gasteiger partial charge in [0, 0.05) is 11.8 Å². The van der Waals surface area contributed by atoms with Crippen LogP contribution in [0.5, 0.6) is 0 Å². The number of hydrogen-bond acceptors (Lipinski definition) is 4. The van der Waals surface area contributed by atoms with Crippen molar-refractivity contribution in [3.05, 3.63) is 47.6 Å². The van der Waals surface area contributed by atoms with E-state index in [1.54, 1.807) is 11.3 Å². The highest BCUT2D eigenvalue weighted by atomic mass is 32.1. The number of benzene rings is 1. The van der Waals surface area contributed by atoms with Crippen LogP contribution in [0.25, 0.3) is 21.5 Å². The molecule has 3 aromatic rings. The lowest BCUT2D eigenvalue weighted by atomic mass is 10.1. The molecule has 0 aliphatic carbocycles. The molecule has 0 amide bonds. The molecule has 1 N–H and O–H groups in total. The summed E-state index contributed by atoms with van der Waals surface area (Å²) in [7, 11) is 0. The minimum atomic E-state index is 0.427. The summed E-state index contributed by atoms with van der Waals surface area (Å²) in [6.07, 6.45) is 4.29. The van der Waals surface area contributed by atoms with Crippen molar-refractivity contribution in [3.63, 3.8) is 0 Å². The topological polar surface area (TPSA) is 37.8 Å². The number of thiazole rings is 1. The second kappa shape index (κ2) is 4.96. The van der Waals surface area contributed by atoms with Crippen LogP contribution in [0.4, 0.5) is 0 Å². The van der Waals surface area contributed by atoms with Gasteiger partial charge < -0.3 is 5.32 Å². The van der Waals surface area contributed by atoms with Gasteiger partial charge in [0.15, 0.2) is 0 Å². The molecule has 3 heterocycles. The molecule has 1 atom stereocenters.